The number of ether oxygens (including phenoxy) is 2. The maximum absolute atomic E-state index is 10.5. The van der Waals surface area contributed by atoms with Crippen molar-refractivity contribution < 1.29 is 14.3 Å². The molecule has 0 unspecified atom stereocenters. The number of carbonyl (C=O) groups excluding carboxylic acids is 1. The van der Waals surface area contributed by atoms with Gasteiger partial charge in [-0.1, -0.05) is 5.92 Å². The lowest BCUT2D eigenvalue weighted by molar-refractivity contribution is -0.112. The number of hydrogen-bond acceptors (Lipinski definition) is 3. The van der Waals surface area contributed by atoms with Crippen LogP contribution < -0.4 is 15.2 Å². The Morgan fingerprint density at radius 2 is 2.00 bits per heavy atom. The van der Waals surface area contributed by atoms with Gasteiger partial charge in [0.1, 0.15) is 0 Å². The van der Waals surface area contributed by atoms with Crippen LogP contribution in [0.3, 0.4) is 0 Å². The fourth-order valence-electron chi connectivity index (χ4n) is 1.37. The van der Waals surface area contributed by atoms with Gasteiger partial charge in [-0.2, -0.15) is 0 Å². The second kappa shape index (κ2) is 4.58. The van der Waals surface area contributed by atoms with E-state index in [1.165, 1.54) is 0 Å². The molecule has 1 aromatic carbocycles. The van der Waals surface area contributed by atoms with Crippen molar-refractivity contribution >= 4 is 5.91 Å². The van der Waals surface area contributed by atoms with E-state index in [-0.39, 0.29) is 0 Å². The summed E-state index contributed by atoms with van der Waals surface area (Å²) in [4.78, 5) is 10.5. The van der Waals surface area contributed by atoms with E-state index in [0.29, 0.717) is 30.3 Å². The highest BCUT2D eigenvalue weighted by Gasteiger charge is 2.09. The van der Waals surface area contributed by atoms with Gasteiger partial charge in [-0.3, -0.25) is 4.79 Å². The van der Waals surface area contributed by atoms with E-state index >= 15 is 0 Å². The molecule has 16 heavy (non-hydrogen) atoms. The summed E-state index contributed by atoms with van der Waals surface area (Å²) in [5, 5.41) is 0. The van der Waals surface area contributed by atoms with Crippen LogP contribution in [-0.2, 0) is 4.79 Å². The molecule has 0 saturated carbocycles. The Balaban J connectivity index is 2.28. The van der Waals surface area contributed by atoms with E-state index in [4.69, 9.17) is 15.2 Å². The molecule has 1 aliphatic rings. The summed E-state index contributed by atoms with van der Waals surface area (Å²) >= 11 is 0. The molecule has 82 valence electrons. The number of amides is 1. The van der Waals surface area contributed by atoms with Gasteiger partial charge in [0.15, 0.2) is 11.5 Å². The quantitative estimate of drug-likeness (QED) is 0.650. The average molecular weight is 217 g/mol. The minimum absolute atomic E-state index is 0.625. The van der Waals surface area contributed by atoms with Crippen LogP contribution in [0, 0.1) is 11.8 Å². The normalized spacial score (nSPS) is 13.2. The molecule has 0 atom stereocenters. The third-order valence-corrected chi connectivity index (χ3v) is 2.08. The molecule has 0 aliphatic carbocycles. The highest BCUT2D eigenvalue weighted by atomic mass is 16.5. The summed E-state index contributed by atoms with van der Waals surface area (Å²) in [5.41, 5.74) is 5.62. The third kappa shape index (κ3) is 2.45. The van der Waals surface area contributed by atoms with E-state index < -0.39 is 5.91 Å². The number of carbonyl (C=O) groups is 1. The van der Waals surface area contributed by atoms with Crippen LogP contribution in [0.15, 0.2) is 18.2 Å². The summed E-state index contributed by atoms with van der Waals surface area (Å²) in [6.07, 6.45) is 0.858. The number of hydrogen-bond donors (Lipinski definition) is 1. The first-order valence-corrected chi connectivity index (χ1v) is 4.97. The maximum Gasteiger partial charge on any atom is 0.293 e. The van der Waals surface area contributed by atoms with Crippen molar-refractivity contribution in [3.8, 4) is 23.3 Å². The summed E-state index contributed by atoms with van der Waals surface area (Å²) in [7, 11) is 0. The number of rotatable bonds is 0. The Morgan fingerprint density at radius 1 is 1.25 bits per heavy atom. The summed E-state index contributed by atoms with van der Waals surface area (Å²) in [5.74, 6) is 5.66. The van der Waals surface area contributed by atoms with Crippen LogP contribution in [0.1, 0.15) is 12.0 Å². The lowest BCUT2D eigenvalue weighted by Crippen LogP contribution is -2.06. The van der Waals surface area contributed by atoms with Gasteiger partial charge in [-0.25, -0.2) is 0 Å². The van der Waals surface area contributed by atoms with Gasteiger partial charge >= 0.3 is 0 Å². The Kier molecular flexibility index (Phi) is 2.97. The molecule has 2 N–H and O–H groups in total. The molecule has 0 saturated heterocycles. The van der Waals surface area contributed by atoms with Gasteiger partial charge in [-0.05, 0) is 24.1 Å². The first-order chi connectivity index (χ1) is 7.75. The summed E-state index contributed by atoms with van der Waals surface area (Å²) < 4.78 is 11.0. The highest BCUT2D eigenvalue weighted by Crippen LogP contribution is 2.29. The zero-order chi connectivity index (χ0) is 11.4. The molecule has 0 aromatic heterocycles. The predicted octanol–water partition coefficient (Wildman–Crippen LogP) is 0.685. The Morgan fingerprint density at radius 3 is 2.75 bits per heavy atom. The second-order valence-corrected chi connectivity index (χ2v) is 3.33. The van der Waals surface area contributed by atoms with Crippen molar-refractivity contribution in [1.29, 1.82) is 0 Å². The fourth-order valence-corrected chi connectivity index (χ4v) is 1.37. The number of primary amides is 1. The van der Waals surface area contributed by atoms with Gasteiger partial charge in [-0.15, -0.1) is 0 Å². The molecule has 0 fully saturated rings. The molecule has 0 radical (unpaired) electrons. The molecule has 1 heterocycles. The first kappa shape index (κ1) is 10.4. The van der Waals surface area contributed by atoms with Crippen molar-refractivity contribution in [2.75, 3.05) is 13.2 Å². The van der Waals surface area contributed by atoms with Gasteiger partial charge in [0, 0.05) is 12.0 Å². The topological polar surface area (TPSA) is 61.6 Å². The minimum Gasteiger partial charge on any atom is -0.490 e. The minimum atomic E-state index is -0.646. The molecule has 4 nitrogen and oxygen atoms in total. The number of nitrogens with two attached hydrogens (primary N) is 1. The molecule has 1 aliphatic heterocycles. The van der Waals surface area contributed by atoms with Crippen molar-refractivity contribution in [1.82, 2.24) is 0 Å². The van der Waals surface area contributed by atoms with Gasteiger partial charge < -0.3 is 15.2 Å². The lowest BCUT2D eigenvalue weighted by atomic mass is 10.2. The van der Waals surface area contributed by atoms with E-state index in [2.05, 4.69) is 11.8 Å². The summed E-state index contributed by atoms with van der Waals surface area (Å²) in [6, 6.07) is 5.30. The molecule has 0 bridgehead atoms. The number of benzene rings is 1. The van der Waals surface area contributed by atoms with Crippen molar-refractivity contribution in [2.45, 2.75) is 6.42 Å². The predicted molar refractivity (Wildman–Crippen MR) is 58.1 cm³/mol. The standard InChI is InChI=1S/C12H11NO3/c13-12(14)5-3-9-2-4-10-11(8-9)16-7-1-6-15-10/h2,4,8H,1,6-7H2,(H2,13,14). The van der Waals surface area contributed by atoms with Crippen LogP contribution in [0.25, 0.3) is 0 Å². The molecular weight excluding hydrogens is 206 g/mol. The Hall–Kier alpha value is -2.15. The molecule has 1 amide bonds. The van der Waals surface area contributed by atoms with Crippen LogP contribution in [0.5, 0.6) is 11.5 Å². The zero-order valence-corrected chi connectivity index (χ0v) is 8.66. The summed E-state index contributed by atoms with van der Waals surface area (Å²) in [6.45, 7) is 1.28. The smallest absolute Gasteiger partial charge is 0.293 e. The Bertz CT molecular complexity index is 471. The fraction of sp³-hybridized carbons (Fsp3) is 0.250. The van der Waals surface area contributed by atoms with Crippen LogP contribution in [0.4, 0.5) is 0 Å². The van der Waals surface area contributed by atoms with Crippen LogP contribution >= 0.6 is 0 Å². The Labute approximate surface area is 93.3 Å². The van der Waals surface area contributed by atoms with Crippen LogP contribution in [0.2, 0.25) is 0 Å². The van der Waals surface area contributed by atoms with E-state index in [9.17, 15) is 4.79 Å². The monoisotopic (exact) mass is 217 g/mol. The van der Waals surface area contributed by atoms with Gasteiger partial charge in [0.05, 0.1) is 13.2 Å². The van der Waals surface area contributed by atoms with Gasteiger partial charge in [0.25, 0.3) is 5.91 Å². The SMILES string of the molecule is NC(=O)C#Cc1ccc2c(c1)OCCCO2. The van der Waals surface area contributed by atoms with Crippen molar-refractivity contribution in [2.24, 2.45) is 5.73 Å². The van der Waals surface area contributed by atoms with Crippen molar-refractivity contribution in [3.63, 3.8) is 0 Å². The van der Waals surface area contributed by atoms with E-state index in [0.717, 1.165) is 6.42 Å². The molecule has 4 heteroatoms. The highest BCUT2D eigenvalue weighted by molar-refractivity contribution is 5.92. The maximum atomic E-state index is 10.5. The average Bonchev–Trinajstić information content (AvgIpc) is 2.50. The first-order valence-electron chi connectivity index (χ1n) is 4.97. The van der Waals surface area contributed by atoms with E-state index in [1.807, 2.05) is 0 Å². The van der Waals surface area contributed by atoms with E-state index in [1.54, 1.807) is 18.2 Å². The zero-order valence-electron chi connectivity index (χ0n) is 8.66. The molecule has 2 rings (SSSR count). The van der Waals surface area contributed by atoms with Gasteiger partial charge in [0.2, 0.25) is 0 Å². The van der Waals surface area contributed by atoms with Crippen molar-refractivity contribution in [3.05, 3.63) is 23.8 Å². The van der Waals surface area contributed by atoms with Crippen LogP contribution in [-0.4, -0.2) is 19.1 Å². The molecular formula is C12H11NO3. The second-order valence-electron chi connectivity index (χ2n) is 3.33. The molecule has 0 spiro atoms. The number of fused-ring (bicyclic) bond motifs is 1. The largest absolute Gasteiger partial charge is 0.490 e. The third-order valence-electron chi connectivity index (χ3n) is 2.08. The lowest BCUT2D eigenvalue weighted by Gasteiger charge is -2.06. The molecule has 1 aromatic rings.